The highest BCUT2D eigenvalue weighted by Gasteiger charge is 2.41. The Morgan fingerprint density at radius 1 is 1.09 bits per heavy atom. The van der Waals surface area contributed by atoms with Crippen LogP contribution in [0.3, 0.4) is 0 Å². The second kappa shape index (κ2) is 9.70. The lowest BCUT2D eigenvalue weighted by molar-refractivity contribution is -0.151. The average molecular weight is 483 g/mol. The first kappa shape index (κ1) is 24.1. The lowest BCUT2D eigenvalue weighted by Gasteiger charge is -2.39. The number of carbonyl (C=O) groups excluding carboxylic acids is 2. The number of carboxylic acids is 1. The molecule has 180 valence electrons. The fourth-order valence-corrected chi connectivity index (χ4v) is 5.68. The Kier molecular flexibility index (Phi) is 6.89. The summed E-state index contributed by atoms with van der Waals surface area (Å²) in [5.41, 5.74) is 3.86. The van der Waals surface area contributed by atoms with E-state index in [0.29, 0.717) is 18.1 Å². The molecule has 2 aromatic carbocycles. The third kappa shape index (κ3) is 4.78. The van der Waals surface area contributed by atoms with E-state index in [1.54, 1.807) is 0 Å². The molecule has 1 heterocycles. The summed E-state index contributed by atoms with van der Waals surface area (Å²) in [7, 11) is 0. The van der Waals surface area contributed by atoms with Gasteiger partial charge >= 0.3 is 12.1 Å². The molecule has 8 heteroatoms. The minimum absolute atomic E-state index is 0.0857. The van der Waals surface area contributed by atoms with Crippen LogP contribution in [-0.2, 0) is 14.3 Å². The Morgan fingerprint density at radius 3 is 2.24 bits per heavy atom. The maximum absolute atomic E-state index is 13.4. The Hall–Kier alpha value is -3.00. The summed E-state index contributed by atoms with van der Waals surface area (Å²) in [4.78, 5) is 39.3. The van der Waals surface area contributed by atoms with Gasteiger partial charge in [-0.25, -0.2) is 9.59 Å². The van der Waals surface area contributed by atoms with Crippen molar-refractivity contribution in [2.45, 2.75) is 38.8 Å². The van der Waals surface area contributed by atoms with Gasteiger partial charge in [0.05, 0.1) is 0 Å². The first-order chi connectivity index (χ1) is 16.2. The van der Waals surface area contributed by atoms with Crippen LogP contribution in [0, 0.1) is 5.41 Å². The van der Waals surface area contributed by atoms with E-state index in [1.807, 2.05) is 57.2 Å². The zero-order chi connectivity index (χ0) is 24.5. The lowest BCUT2D eigenvalue weighted by Crippen LogP contribution is -2.60. The van der Waals surface area contributed by atoms with E-state index < -0.39 is 35.5 Å². The van der Waals surface area contributed by atoms with Gasteiger partial charge in [0, 0.05) is 24.0 Å². The highest BCUT2D eigenvalue weighted by atomic mass is 32.2. The van der Waals surface area contributed by atoms with Crippen molar-refractivity contribution >= 4 is 29.7 Å². The molecular weight excluding hydrogens is 452 g/mol. The summed E-state index contributed by atoms with van der Waals surface area (Å²) in [5, 5.41) is 12.3. The molecular formula is C26H30N2O5S. The monoisotopic (exact) mass is 482 g/mol. The number of amides is 2. The van der Waals surface area contributed by atoms with E-state index in [0.717, 1.165) is 22.3 Å². The predicted molar refractivity (Wildman–Crippen MR) is 132 cm³/mol. The molecule has 2 aliphatic rings. The summed E-state index contributed by atoms with van der Waals surface area (Å²) in [6.45, 7) is 6.00. The number of nitrogens with zero attached hydrogens (tertiary/aromatic N) is 1. The quantitative estimate of drug-likeness (QED) is 0.670. The van der Waals surface area contributed by atoms with Crippen molar-refractivity contribution < 1.29 is 24.2 Å². The Balaban J connectivity index is 1.47. The normalized spacial score (nSPS) is 18.6. The molecule has 1 aliphatic carbocycles. The standard InChI is InChI=1S/C26H30N2O5S/c1-26(2,3)22(23(29)28-12-13-34-15-21(28)24(30)31)27-25(32)33-14-20-18-10-6-4-8-16(18)17-9-5-7-11-19(17)20/h4-11,20-22H,12-15H2,1-3H3,(H,27,32)(H,30,31)/t21?,22-/m0/s1. The van der Waals surface area contributed by atoms with E-state index in [4.69, 9.17) is 4.74 Å². The first-order valence-electron chi connectivity index (χ1n) is 11.4. The SMILES string of the molecule is CC(C)(C)[C@@H](NC(=O)OCC1c2ccccc2-c2ccccc21)C(=O)N1CCSCC1C(=O)O. The van der Waals surface area contributed by atoms with Crippen LogP contribution < -0.4 is 5.32 Å². The fourth-order valence-electron chi connectivity index (χ4n) is 4.64. The maximum Gasteiger partial charge on any atom is 0.407 e. The van der Waals surface area contributed by atoms with Crippen LogP contribution in [0.25, 0.3) is 11.1 Å². The van der Waals surface area contributed by atoms with Gasteiger partial charge in [-0.15, -0.1) is 0 Å². The van der Waals surface area contributed by atoms with Gasteiger partial charge in [-0.1, -0.05) is 69.3 Å². The molecule has 2 amide bonds. The molecule has 7 nitrogen and oxygen atoms in total. The molecule has 2 aromatic rings. The van der Waals surface area contributed by atoms with Crippen molar-refractivity contribution in [3.63, 3.8) is 0 Å². The largest absolute Gasteiger partial charge is 0.480 e. The van der Waals surface area contributed by atoms with Gasteiger partial charge in [0.1, 0.15) is 18.7 Å². The van der Waals surface area contributed by atoms with Crippen LogP contribution >= 0.6 is 11.8 Å². The van der Waals surface area contributed by atoms with Gasteiger partial charge in [-0.05, 0) is 27.7 Å². The van der Waals surface area contributed by atoms with Crippen molar-refractivity contribution in [2.75, 3.05) is 24.7 Å². The molecule has 1 aliphatic heterocycles. The number of carbonyl (C=O) groups is 3. The van der Waals surface area contributed by atoms with E-state index >= 15 is 0 Å². The summed E-state index contributed by atoms with van der Waals surface area (Å²) in [6.07, 6.45) is -0.687. The van der Waals surface area contributed by atoms with E-state index in [-0.39, 0.29) is 12.5 Å². The highest BCUT2D eigenvalue weighted by Crippen LogP contribution is 2.44. The van der Waals surface area contributed by atoms with Gasteiger partial charge < -0.3 is 20.1 Å². The number of alkyl carbamates (subject to hydrolysis) is 1. The van der Waals surface area contributed by atoms with Crippen molar-refractivity contribution in [1.82, 2.24) is 10.2 Å². The van der Waals surface area contributed by atoms with Crippen LogP contribution in [0.15, 0.2) is 48.5 Å². The van der Waals surface area contributed by atoms with Crippen LogP contribution in [-0.4, -0.2) is 64.7 Å². The number of aliphatic carboxylic acids is 1. The number of carboxylic acid groups (broad SMARTS) is 1. The van der Waals surface area contributed by atoms with Gasteiger partial charge in [-0.2, -0.15) is 11.8 Å². The van der Waals surface area contributed by atoms with Crippen LogP contribution in [0.5, 0.6) is 0 Å². The number of nitrogens with one attached hydrogen (secondary N) is 1. The number of hydrogen-bond donors (Lipinski definition) is 2. The third-order valence-corrected chi connectivity index (χ3v) is 7.44. The molecule has 2 N–H and O–H groups in total. The van der Waals surface area contributed by atoms with E-state index in [9.17, 15) is 19.5 Å². The van der Waals surface area contributed by atoms with Crippen molar-refractivity contribution in [1.29, 1.82) is 0 Å². The minimum atomic E-state index is -1.03. The van der Waals surface area contributed by atoms with E-state index in [2.05, 4.69) is 17.4 Å². The molecule has 1 saturated heterocycles. The highest BCUT2D eigenvalue weighted by molar-refractivity contribution is 7.99. The zero-order valence-corrected chi connectivity index (χ0v) is 20.4. The zero-order valence-electron chi connectivity index (χ0n) is 19.6. The summed E-state index contributed by atoms with van der Waals surface area (Å²) in [6, 6.07) is 14.4. The number of rotatable bonds is 5. The van der Waals surface area contributed by atoms with Crippen molar-refractivity contribution in [3.05, 3.63) is 59.7 Å². The fraction of sp³-hybridized carbons (Fsp3) is 0.423. The van der Waals surface area contributed by atoms with Crippen molar-refractivity contribution in [2.24, 2.45) is 5.41 Å². The minimum Gasteiger partial charge on any atom is -0.480 e. The molecule has 0 bridgehead atoms. The molecule has 2 atom stereocenters. The van der Waals surface area contributed by atoms with Crippen LogP contribution in [0.4, 0.5) is 4.79 Å². The Bertz CT molecular complexity index is 1050. The smallest absolute Gasteiger partial charge is 0.407 e. The summed E-state index contributed by atoms with van der Waals surface area (Å²) >= 11 is 1.51. The third-order valence-electron chi connectivity index (χ3n) is 6.42. The Labute approximate surface area is 203 Å². The second-order valence-electron chi connectivity index (χ2n) is 9.73. The van der Waals surface area contributed by atoms with Gasteiger partial charge in [0.25, 0.3) is 0 Å². The molecule has 4 rings (SSSR count). The number of fused-ring (bicyclic) bond motifs is 3. The summed E-state index contributed by atoms with van der Waals surface area (Å²) in [5.74, 6) is -0.513. The van der Waals surface area contributed by atoms with Gasteiger partial charge in [-0.3, -0.25) is 4.79 Å². The van der Waals surface area contributed by atoms with Crippen LogP contribution in [0.2, 0.25) is 0 Å². The van der Waals surface area contributed by atoms with Crippen LogP contribution in [0.1, 0.15) is 37.8 Å². The number of ether oxygens (including phenoxy) is 1. The molecule has 0 saturated carbocycles. The number of benzene rings is 2. The van der Waals surface area contributed by atoms with Crippen molar-refractivity contribution in [3.8, 4) is 11.1 Å². The number of thioether (sulfide) groups is 1. The second-order valence-corrected chi connectivity index (χ2v) is 10.9. The maximum atomic E-state index is 13.4. The topological polar surface area (TPSA) is 95.9 Å². The average Bonchev–Trinajstić information content (AvgIpc) is 3.14. The Morgan fingerprint density at radius 2 is 1.68 bits per heavy atom. The first-order valence-corrected chi connectivity index (χ1v) is 12.6. The molecule has 1 fully saturated rings. The van der Waals surface area contributed by atoms with E-state index in [1.165, 1.54) is 16.7 Å². The summed E-state index contributed by atoms with van der Waals surface area (Å²) < 4.78 is 5.64. The molecule has 34 heavy (non-hydrogen) atoms. The van der Waals surface area contributed by atoms with Gasteiger partial charge in [0.2, 0.25) is 5.91 Å². The lowest BCUT2D eigenvalue weighted by atomic mass is 9.85. The molecule has 1 unspecified atom stereocenters. The van der Waals surface area contributed by atoms with Gasteiger partial charge in [0.15, 0.2) is 0 Å². The predicted octanol–water partition coefficient (Wildman–Crippen LogP) is 3.97. The molecule has 0 aromatic heterocycles. The molecule has 0 spiro atoms. The molecule has 0 radical (unpaired) electrons. The number of hydrogen-bond acceptors (Lipinski definition) is 5.